The fourth-order valence-corrected chi connectivity index (χ4v) is 2.58. The van der Waals surface area contributed by atoms with E-state index in [9.17, 15) is 4.79 Å². The van der Waals surface area contributed by atoms with E-state index < -0.39 is 0 Å². The molecule has 1 aliphatic heterocycles. The van der Waals surface area contributed by atoms with E-state index in [0.29, 0.717) is 18.2 Å². The first-order chi connectivity index (χ1) is 9.13. The molecule has 1 aromatic heterocycles. The number of rotatable bonds is 4. The molecule has 5 heteroatoms. The fraction of sp³-hybridized carbons (Fsp3) is 0.571. The lowest BCUT2D eigenvalue weighted by molar-refractivity contribution is -0.116. The van der Waals surface area contributed by atoms with Gasteiger partial charge in [0.2, 0.25) is 5.91 Å². The Bertz CT molecular complexity index is 413. The number of anilines is 1. The molecule has 1 saturated heterocycles. The first-order valence-electron chi connectivity index (χ1n) is 6.73. The number of hydrogen-bond acceptors (Lipinski definition) is 3. The number of carbonyl (C=O) groups is 1. The standard InChI is InChI=1S/C14H20BrN3O/c1-18-8-6-11(7-9-18)2-5-14(19)17-13-4-3-12(15)10-16-13/h3-4,10-11H,2,5-9H2,1H3,(H,16,17,19). The van der Waals surface area contributed by atoms with Crippen LogP contribution in [0.25, 0.3) is 0 Å². The van der Waals surface area contributed by atoms with Crippen LogP contribution in [0.5, 0.6) is 0 Å². The second-order valence-electron chi connectivity index (χ2n) is 5.20. The highest BCUT2D eigenvalue weighted by atomic mass is 79.9. The number of nitrogens with one attached hydrogen (secondary N) is 1. The molecule has 0 radical (unpaired) electrons. The van der Waals surface area contributed by atoms with E-state index in [-0.39, 0.29) is 5.91 Å². The maximum atomic E-state index is 11.8. The van der Waals surface area contributed by atoms with Crippen LogP contribution in [0.1, 0.15) is 25.7 Å². The van der Waals surface area contributed by atoms with E-state index in [1.807, 2.05) is 6.07 Å². The van der Waals surface area contributed by atoms with Gasteiger partial charge in [0.1, 0.15) is 5.82 Å². The van der Waals surface area contributed by atoms with Gasteiger partial charge < -0.3 is 10.2 Å². The molecule has 1 amide bonds. The van der Waals surface area contributed by atoms with Crippen LogP contribution in [0.2, 0.25) is 0 Å². The van der Waals surface area contributed by atoms with Crippen LogP contribution < -0.4 is 5.32 Å². The molecule has 4 nitrogen and oxygen atoms in total. The van der Waals surface area contributed by atoms with E-state index in [4.69, 9.17) is 0 Å². The van der Waals surface area contributed by atoms with Crippen LogP contribution in [0.15, 0.2) is 22.8 Å². The molecular formula is C14H20BrN3O. The number of carbonyl (C=O) groups excluding carboxylic acids is 1. The van der Waals surface area contributed by atoms with Crippen LogP contribution in [0.4, 0.5) is 5.82 Å². The summed E-state index contributed by atoms with van der Waals surface area (Å²) in [5.74, 6) is 1.38. The third-order valence-corrected chi connectivity index (χ3v) is 4.08. The molecule has 0 spiro atoms. The average Bonchev–Trinajstić information content (AvgIpc) is 2.41. The number of piperidine rings is 1. The molecule has 0 aromatic carbocycles. The summed E-state index contributed by atoms with van der Waals surface area (Å²) in [6.07, 6.45) is 5.68. The molecule has 104 valence electrons. The molecule has 0 atom stereocenters. The lowest BCUT2D eigenvalue weighted by Crippen LogP contribution is -2.30. The Morgan fingerprint density at radius 3 is 2.84 bits per heavy atom. The summed E-state index contributed by atoms with van der Waals surface area (Å²) in [5.41, 5.74) is 0. The lowest BCUT2D eigenvalue weighted by atomic mass is 9.92. The topological polar surface area (TPSA) is 45.2 Å². The van der Waals surface area contributed by atoms with Crippen LogP contribution in [-0.2, 0) is 4.79 Å². The quantitative estimate of drug-likeness (QED) is 0.925. The lowest BCUT2D eigenvalue weighted by Gasteiger charge is -2.28. The molecule has 0 bridgehead atoms. The Hall–Kier alpha value is -0.940. The van der Waals surface area contributed by atoms with Gasteiger partial charge in [0.25, 0.3) is 0 Å². The minimum atomic E-state index is 0.0637. The maximum Gasteiger partial charge on any atom is 0.225 e. The van der Waals surface area contributed by atoms with Crippen molar-refractivity contribution >= 4 is 27.7 Å². The summed E-state index contributed by atoms with van der Waals surface area (Å²) in [4.78, 5) is 18.3. The van der Waals surface area contributed by atoms with Gasteiger partial charge in [-0.25, -0.2) is 4.98 Å². The number of aromatic nitrogens is 1. The van der Waals surface area contributed by atoms with Gasteiger partial charge in [0.05, 0.1) is 0 Å². The summed E-state index contributed by atoms with van der Waals surface area (Å²) >= 11 is 3.32. The zero-order valence-corrected chi connectivity index (χ0v) is 12.8. The van der Waals surface area contributed by atoms with E-state index >= 15 is 0 Å². The van der Waals surface area contributed by atoms with Crippen molar-refractivity contribution in [3.63, 3.8) is 0 Å². The second-order valence-corrected chi connectivity index (χ2v) is 6.11. The predicted molar refractivity (Wildman–Crippen MR) is 80.0 cm³/mol. The first kappa shape index (κ1) is 14.5. The van der Waals surface area contributed by atoms with Gasteiger partial charge >= 0.3 is 0 Å². The number of halogens is 1. The Balaban J connectivity index is 1.71. The maximum absolute atomic E-state index is 11.8. The summed E-state index contributed by atoms with van der Waals surface area (Å²) in [7, 11) is 2.15. The van der Waals surface area contributed by atoms with Crippen molar-refractivity contribution in [3.05, 3.63) is 22.8 Å². The fourth-order valence-electron chi connectivity index (χ4n) is 2.34. The number of nitrogens with zero attached hydrogens (tertiary/aromatic N) is 2. The molecule has 0 saturated carbocycles. The van der Waals surface area contributed by atoms with Gasteiger partial charge in [-0.3, -0.25) is 4.79 Å². The summed E-state index contributed by atoms with van der Waals surface area (Å²) in [6, 6.07) is 3.68. The minimum absolute atomic E-state index is 0.0637. The summed E-state index contributed by atoms with van der Waals surface area (Å²) in [5, 5.41) is 2.84. The number of likely N-dealkylation sites (tertiary alicyclic amines) is 1. The Morgan fingerprint density at radius 1 is 1.47 bits per heavy atom. The van der Waals surface area contributed by atoms with Gasteiger partial charge in [0.15, 0.2) is 0 Å². The summed E-state index contributed by atoms with van der Waals surface area (Å²) < 4.78 is 0.914. The molecule has 0 aliphatic carbocycles. The molecule has 19 heavy (non-hydrogen) atoms. The normalized spacial score (nSPS) is 17.4. The number of amides is 1. The summed E-state index contributed by atoms with van der Waals surface area (Å²) in [6.45, 7) is 2.31. The third-order valence-electron chi connectivity index (χ3n) is 3.61. The smallest absolute Gasteiger partial charge is 0.225 e. The van der Waals surface area contributed by atoms with E-state index in [1.54, 1.807) is 12.3 Å². The molecule has 2 heterocycles. The van der Waals surface area contributed by atoms with Gasteiger partial charge in [-0.2, -0.15) is 0 Å². The SMILES string of the molecule is CN1CCC(CCC(=O)Nc2ccc(Br)cn2)CC1. The van der Waals surface area contributed by atoms with Crippen molar-refractivity contribution in [2.45, 2.75) is 25.7 Å². The molecule has 2 rings (SSSR count). The molecule has 1 N–H and O–H groups in total. The highest BCUT2D eigenvalue weighted by Gasteiger charge is 2.17. The van der Waals surface area contributed by atoms with Crippen molar-refractivity contribution < 1.29 is 4.79 Å². The third kappa shape index (κ3) is 4.91. The van der Waals surface area contributed by atoms with Gasteiger partial charge in [0, 0.05) is 17.1 Å². The zero-order valence-electron chi connectivity index (χ0n) is 11.2. The molecule has 1 aromatic rings. The van der Waals surface area contributed by atoms with Crippen molar-refractivity contribution in [1.82, 2.24) is 9.88 Å². The molecule has 0 unspecified atom stereocenters. The van der Waals surface area contributed by atoms with Crippen molar-refractivity contribution in [3.8, 4) is 0 Å². The largest absolute Gasteiger partial charge is 0.311 e. The van der Waals surface area contributed by atoms with Crippen molar-refractivity contribution in [2.24, 2.45) is 5.92 Å². The molecular weight excluding hydrogens is 306 g/mol. The van der Waals surface area contributed by atoms with Gasteiger partial charge in [-0.05, 0) is 73.4 Å². The number of hydrogen-bond donors (Lipinski definition) is 1. The Labute approximate surface area is 122 Å². The van der Waals surface area contributed by atoms with Gasteiger partial charge in [-0.15, -0.1) is 0 Å². The van der Waals surface area contributed by atoms with Crippen LogP contribution >= 0.6 is 15.9 Å². The number of pyridine rings is 1. The second kappa shape index (κ2) is 7.01. The zero-order chi connectivity index (χ0) is 13.7. The van der Waals surface area contributed by atoms with E-state index in [0.717, 1.165) is 24.0 Å². The average molecular weight is 326 g/mol. The van der Waals surface area contributed by atoms with Crippen molar-refractivity contribution in [2.75, 3.05) is 25.5 Å². The highest BCUT2D eigenvalue weighted by Crippen LogP contribution is 2.21. The Morgan fingerprint density at radius 2 is 2.21 bits per heavy atom. The first-order valence-corrected chi connectivity index (χ1v) is 7.53. The minimum Gasteiger partial charge on any atom is -0.311 e. The monoisotopic (exact) mass is 325 g/mol. The van der Waals surface area contributed by atoms with Crippen molar-refractivity contribution in [1.29, 1.82) is 0 Å². The molecule has 1 fully saturated rings. The van der Waals surface area contributed by atoms with Crippen LogP contribution in [-0.4, -0.2) is 35.9 Å². The Kier molecular flexibility index (Phi) is 5.34. The van der Waals surface area contributed by atoms with E-state index in [1.165, 1.54) is 12.8 Å². The van der Waals surface area contributed by atoms with Gasteiger partial charge in [-0.1, -0.05) is 0 Å². The van der Waals surface area contributed by atoms with E-state index in [2.05, 4.69) is 38.2 Å². The molecule has 1 aliphatic rings. The van der Waals surface area contributed by atoms with Crippen LogP contribution in [0, 0.1) is 5.92 Å². The highest BCUT2D eigenvalue weighted by molar-refractivity contribution is 9.10. The predicted octanol–water partition coefficient (Wildman–Crippen LogP) is 2.90. The van der Waals surface area contributed by atoms with Crippen LogP contribution in [0.3, 0.4) is 0 Å².